The molecule has 0 radical (unpaired) electrons. The topological polar surface area (TPSA) is 18.5 Å². The maximum Gasteiger partial charge on any atom is 0.0631 e. The molecule has 2 saturated heterocycles. The molecule has 0 N–H and O–H groups in total. The SMILES string of the molecule is CC(C)(C)C1COC(CC(C)(C)C2CCC(CC(C)(C)C3CCC3)O2)C1. The summed E-state index contributed by atoms with van der Waals surface area (Å²) in [6.07, 6.45) is 11.7. The Labute approximate surface area is 162 Å². The van der Waals surface area contributed by atoms with Gasteiger partial charge < -0.3 is 9.47 Å². The quantitative estimate of drug-likeness (QED) is 0.527. The van der Waals surface area contributed by atoms with Gasteiger partial charge in [-0.25, -0.2) is 0 Å². The van der Waals surface area contributed by atoms with Crippen LogP contribution >= 0.6 is 0 Å². The van der Waals surface area contributed by atoms with Crippen LogP contribution in [0.15, 0.2) is 0 Å². The number of ether oxygens (including phenoxy) is 2. The van der Waals surface area contributed by atoms with E-state index >= 15 is 0 Å². The van der Waals surface area contributed by atoms with Crippen LogP contribution in [0.3, 0.4) is 0 Å². The number of hydrogen-bond acceptors (Lipinski definition) is 2. The minimum Gasteiger partial charge on any atom is -0.378 e. The van der Waals surface area contributed by atoms with E-state index in [0.717, 1.165) is 18.9 Å². The highest BCUT2D eigenvalue weighted by atomic mass is 16.5. The largest absolute Gasteiger partial charge is 0.378 e. The molecule has 152 valence electrons. The second-order valence-corrected chi connectivity index (χ2v) is 12.1. The lowest BCUT2D eigenvalue weighted by atomic mass is 9.65. The van der Waals surface area contributed by atoms with Crippen molar-refractivity contribution >= 4 is 0 Å². The zero-order chi connectivity index (χ0) is 19.2. The molecule has 4 unspecified atom stereocenters. The zero-order valence-electron chi connectivity index (χ0n) is 18.6. The first kappa shape index (κ1) is 20.6. The van der Waals surface area contributed by atoms with Crippen LogP contribution in [0.25, 0.3) is 0 Å². The van der Waals surface area contributed by atoms with Crippen molar-refractivity contribution in [1.82, 2.24) is 0 Å². The van der Waals surface area contributed by atoms with E-state index in [-0.39, 0.29) is 5.41 Å². The van der Waals surface area contributed by atoms with E-state index in [9.17, 15) is 0 Å². The maximum absolute atomic E-state index is 6.63. The molecule has 2 heteroatoms. The average Bonchev–Trinajstić information content (AvgIpc) is 3.03. The Hall–Kier alpha value is -0.0800. The Morgan fingerprint density at radius 1 is 0.731 bits per heavy atom. The molecule has 0 aromatic rings. The first-order valence-electron chi connectivity index (χ1n) is 11.2. The molecule has 0 aromatic carbocycles. The van der Waals surface area contributed by atoms with E-state index < -0.39 is 0 Å². The van der Waals surface area contributed by atoms with Crippen molar-refractivity contribution in [1.29, 1.82) is 0 Å². The molecule has 0 aromatic heterocycles. The van der Waals surface area contributed by atoms with Gasteiger partial charge in [0.1, 0.15) is 0 Å². The van der Waals surface area contributed by atoms with E-state index in [4.69, 9.17) is 9.47 Å². The summed E-state index contributed by atoms with van der Waals surface area (Å²) in [4.78, 5) is 0. The Bertz CT molecular complexity index is 469. The van der Waals surface area contributed by atoms with Gasteiger partial charge in [0, 0.05) is 0 Å². The molecule has 3 aliphatic rings. The van der Waals surface area contributed by atoms with Crippen LogP contribution in [0, 0.1) is 28.1 Å². The van der Waals surface area contributed by atoms with Crippen molar-refractivity contribution in [2.45, 2.75) is 118 Å². The fourth-order valence-electron chi connectivity index (χ4n) is 5.54. The van der Waals surface area contributed by atoms with Gasteiger partial charge in [-0.15, -0.1) is 0 Å². The van der Waals surface area contributed by atoms with Gasteiger partial charge in [-0.2, -0.15) is 0 Å². The second kappa shape index (κ2) is 7.39. The van der Waals surface area contributed by atoms with E-state index in [1.807, 2.05) is 0 Å². The molecule has 1 aliphatic carbocycles. The fourth-order valence-corrected chi connectivity index (χ4v) is 5.54. The van der Waals surface area contributed by atoms with Crippen molar-refractivity contribution in [3.05, 3.63) is 0 Å². The number of hydrogen-bond donors (Lipinski definition) is 0. The third-order valence-corrected chi connectivity index (χ3v) is 8.00. The molecule has 0 bridgehead atoms. The highest BCUT2D eigenvalue weighted by molar-refractivity contribution is 4.93. The normalized spacial score (nSPS) is 34.3. The molecule has 26 heavy (non-hydrogen) atoms. The molecule has 2 heterocycles. The van der Waals surface area contributed by atoms with Crippen molar-refractivity contribution in [3.8, 4) is 0 Å². The summed E-state index contributed by atoms with van der Waals surface area (Å²) in [5.41, 5.74) is 1.03. The molecule has 3 fully saturated rings. The summed E-state index contributed by atoms with van der Waals surface area (Å²) < 4.78 is 12.8. The van der Waals surface area contributed by atoms with E-state index in [1.54, 1.807) is 0 Å². The second-order valence-electron chi connectivity index (χ2n) is 12.1. The Morgan fingerprint density at radius 3 is 1.92 bits per heavy atom. The highest BCUT2D eigenvalue weighted by Crippen LogP contribution is 2.48. The van der Waals surface area contributed by atoms with Crippen LogP contribution < -0.4 is 0 Å². The Balaban J connectivity index is 1.49. The van der Waals surface area contributed by atoms with E-state index in [0.29, 0.717) is 35.1 Å². The highest BCUT2D eigenvalue weighted by Gasteiger charge is 2.44. The third kappa shape index (κ3) is 4.66. The molecule has 3 rings (SSSR count). The predicted molar refractivity (Wildman–Crippen MR) is 109 cm³/mol. The third-order valence-electron chi connectivity index (χ3n) is 8.00. The van der Waals surface area contributed by atoms with Crippen LogP contribution in [0.2, 0.25) is 0 Å². The van der Waals surface area contributed by atoms with Gasteiger partial charge in [-0.05, 0) is 73.0 Å². The van der Waals surface area contributed by atoms with Crippen molar-refractivity contribution in [2.24, 2.45) is 28.1 Å². The molecular formula is C24H44O2. The molecule has 4 atom stereocenters. The minimum atomic E-state index is 0.215. The van der Waals surface area contributed by atoms with Gasteiger partial charge in [0.05, 0.1) is 24.9 Å². The summed E-state index contributed by atoms with van der Waals surface area (Å²) in [7, 11) is 0. The van der Waals surface area contributed by atoms with Crippen LogP contribution in [0.5, 0.6) is 0 Å². The van der Waals surface area contributed by atoms with Crippen LogP contribution in [-0.4, -0.2) is 24.9 Å². The van der Waals surface area contributed by atoms with Crippen molar-refractivity contribution < 1.29 is 9.47 Å². The van der Waals surface area contributed by atoms with Gasteiger partial charge in [-0.1, -0.05) is 54.9 Å². The summed E-state index contributed by atoms with van der Waals surface area (Å²) in [6.45, 7) is 17.7. The summed E-state index contributed by atoms with van der Waals surface area (Å²) >= 11 is 0. The lowest BCUT2D eigenvalue weighted by molar-refractivity contribution is -0.0632. The van der Waals surface area contributed by atoms with Gasteiger partial charge in [0.25, 0.3) is 0 Å². The zero-order valence-corrected chi connectivity index (χ0v) is 18.6. The lowest BCUT2D eigenvalue weighted by Gasteiger charge is -2.42. The maximum atomic E-state index is 6.63. The molecule has 2 aliphatic heterocycles. The molecule has 0 amide bonds. The van der Waals surface area contributed by atoms with Crippen LogP contribution in [0.4, 0.5) is 0 Å². The van der Waals surface area contributed by atoms with Gasteiger partial charge in [-0.3, -0.25) is 0 Å². The monoisotopic (exact) mass is 364 g/mol. The smallest absolute Gasteiger partial charge is 0.0631 e. The number of rotatable bonds is 6. The van der Waals surface area contributed by atoms with Crippen molar-refractivity contribution in [2.75, 3.05) is 6.61 Å². The molecule has 2 nitrogen and oxygen atoms in total. The standard InChI is InChI=1S/C24H44O2/c1-22(2,3)18-13-20(25-16-18)15-24(6,7)21-12-11-19(26-21)14-23(4,5)17-9-8-10-17/h17-21H,8-16H2,1-7H3. The van der Waals surface area contributed by atoms with Crippen LogP contribution in [-0.2, 0) is 9.47 Å². The summed E-state index contributed by atoms with van der Waals surface area (Å²) in [6, 6.07) is 0. The molecule has 0 spiro atoms. The average molecular weight is 365 g/mol. The summed E-state index contributed by atoms with van der Waals surface area (Å²) in [5.74, 6) is 1.63. The Morgan fingerprint density at radius 2 is 1.38 bits per heavy atom. The van der Waals surface area contributed by atoms with Crippen LogP contribution in [0.1, 0.15) is 99.8 Å². The Kier molecular flexibility index (Phi) is 5.87. The summed E-state index contributed by atoms with van der Waals surface area (Å²) in [5, 5.41) is 0. The fraction of sp³-hybridized carbons (Fsp3) is 1.00. The predicted octanol–water partition coefficient (Wildman–Crippen LogP) is 6.62. The van der Waals surface area contributed by atoms with Crippen molar-refractivity contribution in [3.63, 3.8) is 0 Å². The van der Waals surface area contributed by atoms with Gasteiger partial charge in [0.15, 0.2) is 0 Å². The first-order valence-corrected chi connectivity index (χ1v) is 11.2. The van der Waals surface area contributed by atoms with E-state index in [2.05, 4.69) is 48.5 Å². The van der Waals surface area contributed by atoms with Gasteiger partial charge >= 0.3 is 0 Å². The lowest BCUT2D eigenvalue weighted by Crippen LogP contribution is -2.36. The minimum absolute atomic E-state index is 0.215. The van der Waals surface area contributed by atoms with Gasteiger partial charge in [0.2, 0.25) is 0 Å². The molecular weight excluding hydrogens is 320 g/mol. The molecule has 1 saturated carbocycles. The first-order chi connectivity index (χ1) is 12.0. The van der Waals surface area contributed by atoms with E-state index in [1.165, 1.54) is 44.9 Å².